The molecule has 1 aliphatic heterocycles. The summed E-state index contributed by atoms with van der Waals surface area (Å²) in [6, 6.07) is 7.36. The Kier molecular flexibility index (Phi) is 3.96. The predicted octanol–water partition coefficient (Wildman–Crippen LogP) is 1.37. The number of fused-ring (bicyclic) bond motifs is 1. The van der Waals surface area contributed by atoms with Crippen LogP contribution >= 0.6 is 0 Å². The summed E-state index contributed by atoms with van der Waals surface area (Å²) in [4.78, 5) is 37.8. The van der Waals surface area contributed by atoms with E-state index in [0.717, 1.165) is 24.8 Å². The summed E-state index contributed by atoms with van der Waals surface area (Å²) in [5.74, 6) is -0.896. The summed E-state index contributed by atoms with van der Waals surface area (Å²) >= 11 is 0. The Morgan fingerprint density at radius 3 is 2.77 bits per heavy atom. The molecule has 1 N–H and O–H groups in total. The lowest BCUT2D eigenvalue weighted by atomic mass is 9.82. The van der Waals surface area contributed by atoms with Gasteiger partial charge >= 0.3 is 0 Å². The van der Waals surface area contributed by atoms with Crippen molar-refractivity contribution in [2.75, 3.05) is 6.54 Å². The highest BCUT2D eigenvalue weighted by Gasteiger charge is 2.40. The van der Waals surface area contributed by atoms with Crippen molar-refractivity contribution in [3.05, 3.63) is 35.4 Å². The molecule has 1 fully saturated rings. The molecule has 3 amide bonds. The summed E-state index contributed by atoms with van der Waals surface area (Å²) < 4.78 is 0. The van der Waals surface area contributed by atoms with Crippen molar-refractivity contribution < 1.29 is 14.4 Å². The first-order valence-corrected chi connectivity index (χ1v) is 7.83. The Hall–Kier alpha value is -2.17. The Morgan fingerprint density at radius 2 is 2.09 bits per heavy atom. The van der Waals surface area contributed by atoms with E-state index >= 15 is 0 Å². The summed E-state index contributed by atoms with van der Waals surface area (Å²) in [5, 5.41) is 2.29. The number of hydrogen-bond acceptors (Lipinski definition) is 3. The van der Waals surface area contributed by atoms with E-state index in [9.17, 15) is 14.4 Å². The maximum absolute atomic E-state index is 13.0. The minimum atomic E-state index is -0.654. The fourth-order valence-electron chi connectivity index (χ4n) is 3.53. The lowest BCUT2D eigenvalue weighted by Gasteiger charge is -2.32. The van der Waals surface area contributed by atoms with Crippen LogP contribution in [-0.2, 0) is 20.8 Å². The average Bonchev–Trinajstić information content (AvgIpc) is 2.86. The Labute approximate surface area is 129 Å². The molecule has 3 rings (SSSR count). The van der Waals surface area contributed by atoms with E-state index in [1.165, 1.54) is 5.56 Å². The van der Waals surface area contributed by atoms with E-state index < -0.39 is 6.04 Å². The SMILES string of the molecule is CCN(C(=O)[C@H]1CCCc2ccccc21)[C@H]1CC(=O)NC1=O. The number of carbonyl (C=O) groups excluding carboxylic acids is 3. The van der Waals surface area contributed by atoms with Gasteiger partial charge < -0.3 is 4.90 Å². The molecule has 1 aliphatic carbocycles. The van der Waals surface area contributed by atoms with Crippen molar-refractivity contribution in [3.8, 4) is 0 Å². The van der Waals surface area contributed by atoms with E-state index in [-0.39, 0.29) is 30.1 Å². The van der Waals surface area contributed by atoms with Crippen molar-refractivity contribution in [1.82, 2.24) is 10.2 Å². The largest absolute Gasteiger partial charge is 0.330 e. The molecule has 5 heteroatoms. The molecule has 5 nitrogen and oxygen atoms in total. The Balaban J connectivity index is 1.87. The molecule has 0 aromatic heterocycles. The summed E-state index contributed by atoms with van der Waals surface area (Å²) in [6.45, 7) is 2.28. The van der Waals surface area contributed by atoms with E-state index in [1.54, 1.807) is 4.90 Å². The fraction of sp³-hybridized carbons (Fsp3) is 0.471. The van der Waals surface area contributed by atoms with Crippen molar-refractivity contribution >= 4 is 17.7 Å². The normalized spacial score (nSPS) is 23.9. The summed E-state index contributed by atoms with van der Waals surface area (Å²) in [6.07, 6.45) is 2.84. The molecule has 22 heavy (non-hydrogen) atoms. The van der Waals surface area contributed by atoms with Crippen LogP contribution in [0.25, 0.3) is 0 Å². The number of likely N-dealkylation sites (N-methyl/N-ethyl adjacent to an activating group) is 1. The number of hydrogen-bond donors (Lipinski definition) is 1. The minimum Gasteiger partial charge on any atom is -0.330 e. The molecular weight excluding hydrogens is 280 g/mol. The molecule has 2 atom stereocenters. The van der Waals surface area contributed by atoms with Crippen LogP contribution in [-0.4, -0.2) is 35.2 Å². The van der Waals surface area contributed by atoms with Crippen LogP contribution < -0.4 is 5.32 Å². The van der Waals surface area contributed by atoms with Gasteiger partial charge in [0.05, 0.1) is 12.3 Å². The molecule has 1 aromatic carbocycles. The molecule has 116 valence electrons. The predicted molar refractivity (Wildman–Crippen MR) is 81.1 cm³/mol. The first kappa shape index (κ1) is 14.8. The van der Waals surface area contributed by atoms with E-state index in [4.69, 9.17) is 0 Å². The van der Waals surface area contributed by atoms with E-state index in [1.807, 2.05) is 25.1 Å². The van der Waals surface area contributed by atoms with Crippen LogP contribution in [0, 0.1) is 0 Å². The number of imide groups is 1. The van der Waals surface area contributed by atoms with Crippen molar-refractivity contribution in [3.63, 3.8) is 0 Å². The Morgan fingerprint density at radius 1 is 1.32 bits per heavy atom. The quantitative estimate of drug-likeness (QED) is 0.857. The summed E-state index contributed by atoms with van der Waals surface area (Å²) in [5.41, 5.74) is 2.29. The van der Waals surface area contributed by atoms with E-state index in [2.05, 4.69) is 11.4 Å². The monoisotopic (exact) mass is 300 g/mol. The first-order valence-electron chi connectivity index (χ1n) is 7.83. The number of amides is 3. The molecule has 1 heterocycles. The fourth-order valence-corrected chi connectivity index (χ4v) is 3.53. The number of carbonyl (C=O) groups is 3. The van der Waals surface area contributed by atoms with Gasteiger partial charge in [-0.15, -0.1) is 0 Å². The van der Waals surface area contributed by atoms with Crippen molar-refractivity contribution in [2.45, 2.75) is 44.6 Å². The van der Waals surface area contributed by atoms with Gasteiger partial charge in [0.15, 0.2) is 0 Å². The van der Waals surface area contributed by atoms with Crippen molar-refractivity contribution in [2.24, 2.45) is 0 Å². The van der Waals surface area contributed by atoms with Gasteiger partial charge in [0.1, 0.15) is 6.04 Å². The molecule has 1 saturated heterocycles. The molecule has 0 bridgehead atoms. The Bertz CT molecular complexity index is 626. The molecule has 1 aromatic rings. The maximum Gasteiger partial charge on any atom is 0.249 e. The molecule has 2 aliphatic rings. The van der Waals surface area contributed by atoms with Crippen LogP contribution in [0.1, 0.15) is 43.2 Å². The third-order valence-electron chi connectivity index (χ3n) is 4.61. The van der Waals surface area contributed by atoms with Gasteiger partial charge in [-0.2, -0.15) is 0 Å². The number of rotatable bonds is 3. The molecule has 0 saturated carbocycles. The van der Waals surface area contributed by atoms with Crippen LogP contribution in [0.15, 0.2) is 24.3 Å². The number of aryl methyl sites for hydroxylation is 1. The molecular formula is C17H20N2O3. The minimum absolute atomic E-state index is 0.0375. The third kappa shape index (κ3) is 2.51. The highest BCUT2D eigenvalue weighted by molar-refractivity contribution is 6.07. The van der Waals surface area contributed by atoms with Gasteiger partial charge in [-0.25, -0.2) is 0 Å². The molecule has 0 radical (unpaired) electrons. The third-order valence-corrected chi connectivity index (χ3v) is 4.61. The van der Waals surface area contributed by atoms with Crippen LogP contribution in [0.5, 0.6) is 0 Å². The van der Waals surface area contributed by atoms with Gasteiger partial charge in [0.2, 0.25) is 17.7 Å². The highest BCUT2D eigenvalue weighted by atomic mass is 16.2. The molecule has 0 spiro atoms. The number of nitrogens with zero attached hydrogens (tertiary/aromatic N) is 1. The second-order valence-corrected chi connectivity index (χ2v) is 5.90. The zero-order valence-electron chi connectivity index (χ0n) is 12.7. The zero-order valence-corrected chi connectivity index (χ0v) is 12.7. The topological polar surface area (TPSA) is 66.5 Å². The van der Waals surface area contributed by atoms with Gasteiger partial charge in [0, 0.05) is 6.54 Å². The van der Waals surface area contributed by atoms with Crippen LogP contribution in [0.3, 0.4) is 0 Å². The van der Waals surface area contributed by atoms with Gasteiger partial charge in [0.25, 0.3) is 0 Å². The van der Waals surface area contributed by atoms with Crippen molar-refractivity contribution in [1.29, 1.82) is 0 Å². The lowest BCUT2D eigenvalue weighted by Crippen LogP contribution is -2.46. The zero-order chi connectivity index (χ0) is 15.7. The van der Waals surface area contributed by atoms with Gasteiger partial charge in [-0.05, 0) is 37.3 Å². The number of nitrogens with one attached hydrogen (secondary N) is 1. The van der Waals surface area contributed by atoms with Gasteiger partial charge in [-0.1, -0.05) is 24.3 Å². The lowest BCUT2D eigenvalue weighted by molar-refractivity contribution is -0.140. The smallest absolute Gasteiger partial charge is 0.249 e. The maximum atomic E-state index is 13.0. The number of benzene rings is 1. The summed E-state index contributed by atoms with van der Waals surface area (Å²) in [7, 11) is 0. The highest BCUT2D eigenvalue weighted by Crippen LogP contribution is 2.33. The standard InChI is InChI=1S/C17H20N2O3/c1-2-19(14-10-15(20)18-16(14)21)17(22)13-9-5-7-11-6-3-4-8-12(11)13/h3-4,6,8,13-14H,2,5,7,9-10H2,1H3,(H,18,20,21)/t13-,14-/m0/s1. The van der Waals surface area contributed by atoms with E-state index in [0.29, 0.717) is 6.54 Å². The van der Waals surface area contributed by atoms with Crippen LogP contribution in [0.4, 0.5) is 0 Å². The average molecular weight is 300 g/mol. The second-order valence-electron chi connectivity index (χ2n) is 5.90. The van der Waals surface area contributed by atoms with Gasteiger partial charge in [-0.3, -0.25) is 19.7 Å². The molecule has 0 unspecified atom stereocenters. The van der Waals surface area contributed by atoms with Crippen LogP contribution in [0.2, 0.25) is 0 Å². The first-order chi connectivity index (χ1) is 10.6. The second kappa shape index (κ2) is 5.91.